The van der Waals surface area contributed by atoms with Crippen molar-refractivity contribution in [2.24, 2.45) is 0 Å². The zero-order valence-corrected chi connectivity index (χ0v) is 36.3. The molecule has 1 unspecified atom stereocenters. The highest BCUT2D eigenvalue weighted by Gasteiger charge is 2.49. The molecule has 9 rings (SSSR count). The highest BCUT2D eigenvalue weighted by Crippen LogP contribution is 2.52. The van der Waals surface area contributed by atoms with E-state index >= 15 is 0 Å². The van der Waals surface area contributed by atoms with Crippen LogP contribution in [0.25, 0.3) is 11.1 Å². The molecular formula is C58H49NO6. The smallest absolute Gasteiger partial charge is 0.338 e. The number of ether oxygens (including phenoxy) is 3. The summed E-state index contributed by atoms with van der Waals surface area (Å²) in [5.74, 6) is 0.547. The normalized spacial score (nSPS) is 14.8. The lowest BCUT2D eigenvalue weighted by Crippen LogP contribution is -2.32. The van der Waals surface area contributed by atoms with Crippen molar-refractivity contribution in [1.82, 2.24) is 0 Å². The first-order valence-corrected chi connectivity index (χ1v) is 22.0. The summed E-state index contributed by atoms with van der Waals surface area (Å²) in [7, 11) is 0. The first-order chi connectivity index (χ1) is 31.9. The molecule has 0 spiro atoms. The van der Waals surface area contributed by atoms with Crippen molar-refractivity contribution >= 4 is 22.9 Å². The van der Waals surface area contributed by atoms with Crippen LogP contribution in [0.1, 0.15) is 74.6 Å². The molecule has 0 radical (unpaired) electrons. The number of Topliss-reactive ketones (excluding diaryl/α,β-unsaturated/α-hetero) is 1. The van der Waals surface area contributed by atoms with Gasteiger partial charge in [0.15, 0.2) is 0 Å². The van der Waals surface area contributed by atoms with E-state index in [1.807, 2.05) is 158 Å². The Bertz CT molecular complexity index is 2870. The Morgan fingerprint density at radius 3 is 1.58 bits per heavy atom. The van der Waals surface area contributed by atoms with Crippen LogP contribution in [0.5, 0.6) is 11.5 Å². The summed E-state index contributed by atoms with van der Waals surface area (Å²) >= 11 is 0. The summed E-state index contributed by atoms with van der Waals surface area (Å²) in [6.07, 6.45) is 3.63. The molecular weight excluding hydrogens is 807 g/mol. The Balaban J connectivity index is 0.000000184. The number of aryl methyl sites for hydroxylation is 2. The summed E-state index contributed by atoms with van der Waals surface area (Å²) in [6.45, 7) is 3.10. The molecule has 2 aliphatic carbocycles. The zero-order valence-electron chi connectivity index (χ0n) is 36.3. The van der Waals surface area contributed by atoms with Crippen LogP contribution in [0, 0.1) is 11.3 Å². The number of fused-ring (bicyclic) bond motifs is 2. The van der Waals surface area contributed by atoms with Crippen molar-refractivity contribution < 1.29 is 28.9 Å². The second-order valence-electron chi connectivity index (χ2n) is 15.8. The predicted octanol–water partition coefficient (Wildman–Crippen LogP) is 11.5. The molecule has 7 heteroatoms. The number of aliphatic hydroxyl groups is 1. The van der Waals surface area contributed by atoms with Crippen LogP contribution in [0.2, 0.25) is 0 Å². The van der Waals surface area contributed by atoms with Gasteiger partial charge in [-0.3, -0.25) is 4.79 Å². The third-order valence-corrected chi connectivity index (χ3v) is 11.6. The SMILES string of the molecule is CCOC(=O)C1=C(c2ccccc2)c2ccc(OCCCc3ccccc3)cc2C1(O)c1ccccc1.N#CC1=C(c2ccccc2)c2ccc(OCCCc3ccccc3)cc2C1=O. The average Bonchev–Trinajstić information content (AvgIpc) is 3.80. The van der Waals surface area contributed by atoms with E-state index in [0.29, 0.717) is 52.5 Å². The van der Waals surface area contributed by atoms with Gasteiger partial charge in [-0.25, -0.2) is 4.79 Å². The number of nitriles is 1. The highest BCUT2D eigenvalue weighted by atomic mass is 16.5. The minimum absolute atomic E-state index is 0.197. The van der Waals surface area contributed by atoms with Crippen molar-refractivity contribution in [3.05, 3.63) is 249 Å². The quantitative estimate of drug-likeness (QED) is 0.0808. The van der Waals surface area contributed by atoms with Crippen LogP contribution >= 0.6 is 0 Å². The number of nitrogens with zero attached hydrogens (tertiary/aromatic N) is 1. The fraction of sp³-hybridized carbons (Fsp3) is 0.155. The number of hydrogen-bond acceptors (Lipinski definition) is 7. The van der Waals surface area contributed by atoms with Gasteiger partial charge in [0.25, 0.3) is 0 Å². The topological polar surface area (TPSA) is 106 Å². The van der Waals surface area contributed by atoms with Gasteiger partial charge in [0.05, 0.1) is 25.4 Å². The molecule has 0 saturated carbocycles. The number of carbonyl (C=O) groups is 2. The lowest BCUT2D eigenvalue weighted by molar-refractivity contribution is -0.140. The lowest BCUT2D eigenvalue weighted by Gasteiger charge is -2.28. The molecule has 0 heterocycles. The summed E-state index contributed by atoms with van der Waals surface area (Å²) < 4.78 is 17.5. The van der Waals surface area contributed by atoms with Crippen LogP contribution in [0.3, 0.4) is 0 Å². The molecule has 0 bridgehead atoms. The molecule has 65 heavy (non-hydrogen) atoms. The fourth-order valence-electron chi connectivity index (χ4n) is 8.55. The summed E-state index contributed by atoms with van der Waals surface area (Å²) in [5.41, 5.74) is 7.74. The third-order valence-electron chi connectivity index (χ3n) is 11.6. The summed E-state index contributed by atoms with van der Waals surface area (Å²) in [5, 5.41) is 22.0. The van der Waals surface area contributed by atoms with E-state index in [1.54, 1.807) is 13.0 Å². The van der Waals surface area contributed by atoms with Crippen molar-refractivity contribution in [2.75, 3.05) is 19.8 Å². The van der Waals surface area contributed by atoms with Crippen LogP contribution in [-0.2, 0) is 28.0 Å². The Kier molecular flexibility index (Phi) is 13.9. The van der Waals surface area contributed by atoms with Crippen LogP contribution in [0.15, 0.2) is 199 Å². The molecule has 7 nitrogen and oxygen atoms in total. The highest BCUT2D eigenvalue weighted by molar-refractivity contribution is 6.25. The van der Waals surface area contributed by atoms with E-state index < -0.39 is 11.6 Å². The molecule has 1 N–H and O–H groups in total. The minimum atomic E-state index is -1.68. The van der Waals surface area contributed by atoms with E-state index in [9.17, 15) is 20.0 Å². The van der Waals surface area contributed by atoms with Gasteiger partial charge >= 0.3 is 5.97 Å². The Morgan fingerprint density at radius 2 is 1.06 bits per heavy atom. The van der Waals surface area contributed by atoms with E-state index in [1.165, 1.54) is 11.1 Å². The largest absolute Gasteiger partial charge is 0.494 e. The summed E-state index contributed by atoms with van der Waals surface area (Å²) in [6, 6.07) is 62.4. The predicted molar refractivity (Wildman–Crippen MR) is 254 cm³/mol. The molecule has 322 valence electrons. The molecule has 0 aliphatic heterocycles. The van der Waals surface area contributed by atoms with Crippen molar-refractivity contribution in [3.63, 3.8) is 0 Å². The maximum atomic E-state index is 13.4. The maximum Gasteiger partial charge on any atom is 0.338 e. The first kappa shape index (κ1) is 43.8. The second-order valence-corrected chi connectivity index (χ2v) is 15.8. The van der Waals surface area contributed by atoms with Crippen LogP contribution < -0.4 is 9.47 Å². The van der Waals surface area contributed by atoms with Crippen molar-refractivity contribution in [1.29, 1.82) is 5.26 Å². The van der Waals surface area contributed by atoms with Gasteiger partial charge in [-0.05, 0) is 102 Å². The fourth-order valence-corrected chi connectivity index (χ4v) is 8.55. The number of rotatable bonds is 15. The average molecular weight is 856 g/mol. The molecule has 1 atom stereocenters. The van der Waals surface area contributed by atoms with Gasteiger partial charge in [0, 0.05) is 22.3 Å². The molecule has 0 aromatic heterocycles. The van der Waals surface area contributed by atoms with Crippen LogP contribution in [-0.4, -0.2) is 36.7 Å². The first-order valence-electron chi connectivity index (χ1n) is 22.0. The van der Waals surface area contributed by atoms with Crippen molar-refractivity contribution in [2.45, 2.75) is 38.2 Å². The minimum Gasteiger partial charge on any atom is -0.494 e. The van der Waals surface area contributed by atoms with Gasteiger partial charge in [-0.2, -0.15) is 5.26 Å². The molecule has 0 saturated heterocycles. The molecule has 0 fully saturated rings. The number of hydrogen-bond donors (Lipinski definition) is 1. The number of benzene rings is 7. The van der Waals surface area contributed by atoms with Gasteiger partial charge in [0.1, 0.15) is 28.7 Å². The maximum absolute atomic E-state index is 13.4. The van der Waals surface area contributed by atoms with Gasteiger partial charge in [0.2, 0.25) is 5.78 Å². The van der Waals surface area contributed by atoms with Gasteiger partial charge in [-0.15, -0.1) is 0 Å². The van der Waals surface area contributed by atoms with Gasteiger partial charge in [-0.1, -0.05) is 158 Å². The Morgan fingerprint density at radius 1 is 0.585 bits per heavy atom. The monoisotopic (exact) mass is 855 g/mol. The molecule has 7 aromatic carbocycles. The van der Waals surface area contributed by atoms with Gasteiger partial charge < -0.3 is 19.3 Å². The number of allylic oxidation sites excluding steroid dienone is 1. The summed E-state index contributed by atoms with van der Waals surface area (Å²) in [4.78, 5) is 26.2. The van der Waals surface area contributed by atoms with E-state index in [4.69, 9.17) is 14.2 Å². The van der Waals surface area contributed by atoms with E-state index in [0.717, 1.165) is 47.9 Å². The Hall–Kier alpha value is -7.79. The standard InChI is InChI=1S/C33H30O4.C25H19NO2/c1-2-36-32(34)31-30(25-16-8-4-9-17-25)28-21-20-27(37-22-12-15-24-13-6-3-7-14-24)23-29(28)33(31,35)26-18-10-5-11-19-26;26-17-23-24(19-11-5-2-6-12-19)21-14-13-20(16-22(21)25(23)27)28-15-7-10-18-8-3-1-4-9-18/h3-11,13-14,16-21,23,35H,2,12,15,22H2,1H3;1-6,8-9,11-14,16H,7,10,15H2. The molecule has 7 aromatic rings. The van der Waals surface area contributed by atoms with Crippen molar-refractivity contribution in [3.8, 4) is 17.6 Å². The van der Waals surface area contributed by atoms with Crippen LogP contribution in [0.4, 0.5) is 0 Å². The molecule has 2 aliphatic rings. The number of esters is 1. The lowest BCUT2D eigenvalue weighted by atomic mass is 9.83. The van der Waals surface area contributed by atoms with E-state index in [-0.39, 0.29) is 23.5 Å². The molecule has 0 amide bonds. The third kappa shape index (κ3) is 9.59. The number of ketones is 1. The Labute approximate surface area is 380 Å². The van der Waals surface area contributed by atoms with E-state index in [2.05, 4.69) is 30.3 Å². The zero-order chi connectivity index (χ0) is 45.0. The number of carbonyl (C=O) groups excluding carboxylic acids is 2. The second kappa shape index (κ2) is 20.6.